The summed E-state index contributed by atoms with van der Waals surface area (Å²) in [4.78, 5) is 0. The highest BCUT2D eigenvalue weighted by molar-refractivity contribution is 6.30. The van der Waals surface area contributed by atoms with Crippen LogP contribution in [-0.4, -0.2) is 19.7 Å². The summed E-state index contributed by atoms with van der Waals surface area (Å²) < 4.78 is 5.49. The van der Waals surface area contributed by atoms with Crippen LogP contribution in [0.4, 0.5) is 0 Å². The maximum absolute atomic E-state index is 6.16. The van der Waals surface area contributed by atoms with Gasteiger partial charge in [-0.2, -0.15) is 0 Å². The van der Waals surface area contributed by atoms with Crippen molar-refractivity contribution in [3.63, 3.8) is 0 Å². The Hall–Kier alpha value is -0.730. The summed E-state index contributed by atoms with van der Waals surface area (Å²) in [7, 11) is 1.73. The van der Waals surface area contributed by atoms with Crippen molar-refractivity contribution in [3.05, 3.63) is 28.8 Å². The van der Waals surface area contributed by atoms with Crippen molar-refractivity contribution in [1.29, 1.82) is 0 Å². The van der Waals surface area contributed by atoms with E-state index >= 15 is 0 Å². The number of methoxy groups -OCH3 is 1. The lowest BCUT2D eigenvalue weighted by Crippen LogP contribution is -2.38. The smallest absolute Gasteiger partial charge is 0.122 e. The third-order valence-electron chi connectivity index (χ3n) is 4.04. The second kappa shape index (κ2) is 10.1. The molecule has 1 unspecified atom stereocenters. The first-order chi connectivity index (χ1) is 10.2. The average molecular weight is 312 g/mol. The molecule has 0 bridgehead atoms. The molecule has 0 radical (unpaired) electrons. The zero-order valence-electron chi connectivity index (χ0n) is 13.9. The molecule has 0 aliphatic heterocycles. The second-order valence-corrected chi connectivity index (χ2v) is 6.10. The van der Waals surface area contributed by atoms with Crippen LogP contribution in [0.2, 0.25) is 5.02 Å². The summed E-state index contributed by atoms with van der Waals surface area (Å²) in [6.45, 7) is 7.71. The number of nitrogens with one attached hydrogen (secondary N) is 1. The number of likely N-dealkylation sites (N-methyl/N-ethyl adjacent to an activating group) is 1. The van der Waals surface area contributed by atoms with Gasteiger partial charge in [-0.15, -0.1) is 0 Å². The Morgan fingerprint density at radius 3 is 2.33 bits per heavy atom. The molecular formula is C18H30ClNO. The van der Waals surface area contributed by atoms with Crippen LogP contribution in [0.15, 0.2) is 18.2 Å². The fraction of sp³-hybridized carbons (Fsp3) is 0.667. The topological polar surface area (TPSA) is 21.3 Å². The van der Waals surface area contributed by atoms with Gasteiger partial charge in [-0.25, -0.2) is 0 Å². The van der Waals surface area contributed by atoms with E-state index in [1.807, 2.05) is 18.2 Å². The van der Waals surface area contributed by atoms with E-state index in [0.29, 0.717) is 12.0 Å². The van der Waals surface area contributed by atoms with E-state index in [-0.39, 0.29) is 0 Å². The van der Waals surface area contributed by atoms with Gasteiger partial charge in [0.05, 0.1) is 7.11 Å². The number of hydrogen-bond acceptors (Lipinski definition) is 2. The van der Waals surface area contributed by atoms with Gasteiger partial charge in [0.2, 0.25) is 0 Å². The van der Waals surface area contributed by atoms with Crippen molar-refractivity contribution >= 4 is 11.6 Å². The molecule has 21 heavy (non-hydrogen) atoms. The second-order valence-electron chi connectivity index (χ2n) is 5.66. The number of rotatable bonds is 10. The molecule has 0 saturated carbocycles. The number of ether oxygens (including phenoxy) is 1. The molecule has 0 spiro atoms. The van der Waals surface area contributed by atoms with Crippen LogP contribution in [0.1, 0.15) is 52.0 Å². The fourth-order valence-corrected chi connectivity index (χ4v) is 3.29. The zero-order valence-corrected chi connectivity index (χ0v) is 14.7. The SMILES string of the molecule is CCCC(CCC)C(Cc1cc(Cl)ccc1OC)NCC. The Morgan fingerprint density at radius 1 is 1.14 bits per heavy atom. The molecule has 3 heteroatoms. The molecular weight excluding hydrogens is 282 g/mol. The van der Waals surface area contributed by atoms with Crippen molar-refractivity contribution < 1.29 is 4.74 Å². The third-order valence-corrected chi connectivity index (χ3v) is 4.27. The molecule has 0 aliphatic carbocycles. The van der Waals surface area contributed by atoms with E-state index in [4.69, 9.17) is 16.3 Å². The molecule has 0 aliphatic rings. The molecule has 0 aromatic heterocycles. The first kappa shape index (κ1) is 18.3. The van der Waals surface area contributed by atoms with Gasteiger partial charge >= 0.3 is 0 Å². The van der Waals surface area contributed by atoms with Gasteiger partial charge in [0, 0.05) is 11.1 Å². The summed E-state index contributed by atoms with van der Waals surface area (Å²) in [5.41, 5.74) is 1.20. The van der Waals surface area contributed by atoms with E-state index in [1.54, 1.807) is 7.11 Å². The van der Waals surface area contributed by atoms with Gasteiger partial charge in [0.15, 0.2) is 0 Å². The Labute approximate surface area is 135 Å². The summed E-state index contributed by atoms with van der Waals surface area (Å²) in [6.07, 6.45) is 5.99. The predicted octanol–water partition coefficient (Wildman–Crippen LogP) is 5.09. The lowest BCUT2D eigenvalue weighted by Gasteiger charge is -2.28. The number of hydrogen-bond donors (Lipinski definition) is 1. The van der Waals surface area contributed by atoms with Crippen LogP contribution in [0.3, 0.4) is 0 Å². The van der Waals surface area contributed by atoms with Crippen molar-refractivity contribution in [3.8, 4) is 5.75 Å². The molecule has 0 saturated heterocycles. The highest BCUT2D eigenvalue weighted by atomic mass is 35.5. The molecule has 2 nitrogen and oxygen atoms in total. The van der Waals surface area contributed by atoms with Gasteiger partial charge < -0.3 is 10.1 Å². The van der Waals surface area contributed by atoms with Crippen molar-refractivity contribution in [1.82, 2.24) is 5.32 Å². The third kappa shape index (κ3) is 5.88. The first-order valence-electron chi connectivity index (χ1n) is 8.21. The molecule has 0 heterocycles. The van der Waals surface area contributed by atoms with E-state index in [1.165, 1.54) is 31.2 Å². The summed E-state index contributed by atoms with van der Waals surface area (Å²) in [6, 6.07) is 6.39. The molecule has 120 valence electrons. The molecule has 0 amide bonds. The van der Waals surface area contributed by atoms with Crippen LogP contribution >= 0.6 is 11.6 Å². The maximum Gasteiger partial charge on any atom is 0.122 e. The molecule has 1 aromatic rings. The van der Waals surface area contributed by atoms with Crippen LogP contribution in [0, 0.1) is 5.92 Å². The van der Waals surface area contributed by atoms with Crippen LogP contribution in [0.5, 0.6) is 5.75 Å². The van der Waals surface area contributed by atoms with Crippen molar-refractivity contribution in [2.45, 2.75) is 58.9 Å². The number of halogens is 1. The lowest BCUT2D eigenvalue weighted by molar-refractivity contribution is 0.309. The van der Waals surface area contributed by atoms with Gasteiger partial charge in [0.25, 0.3) is 0 Å². The standard InChI is InChI=1S/C18H30ClNO/c1-5-8-14(9-6-2)17(20-7-3)13-15-12-16(19)10-11-18(15)21-4/h10-12,14,17,20H,5-9,13H2,1-4H3. The zero-order chi connectivity index (χ0) is 15.7. The van der Waals surface area contributed by atoms with Gasteiger partial charge in [-0.1, -0.05) is 45.2 Å². The summed E-state index contributed by atoms with van der Waals surface area (Å²) in [5.74, 6) is 1.65. The van der Waals surface area contributed by atoms with Crippen molar-refractivity contribution in [2.75, 3.05) is 13.7 Å². The fourth-order valence-electron chi connectivity index (χ4n) is 3.10. The van der Waals surface area contributed by atoms with Crippen LogP contribution in [0.25, 0.3) is 0 Å². The van der Waals surface area contributed by atoms with Gasteiger partial charge in [-0.05, 0) is 55.5 Å². The predicted molar refractivity (Wildman–Crippen MR) is 92.5 cm³/mol. The highest BCUT2D eigenvalue weighted by Gasteiger charge is 2.21. The quantitative estimate of drug-likeness (QED) is 0.650. The first-order valence-corrected chi connectivity index (χ1v) is 8.59. The monoisotopic (exact) mass is 311 g/mol. The molecule has 1 aromatic carbocycles. The minimum atomic E-state index is 0.488. The highest BCUT2D eigenvalue weighted by Crippen LogP contribution is 2.27. The summed E-state index contributed by atoms with van der Waals surface area (Å²) in [5, 5.41) is 4.45. The minimum absolute atomic E-state index is 0.488. The average Bonchev–Trinajstić information content (AvgIpc) is 2.47. The van der Waals surface area contributed by atoms with Crippen LogP contribution < -0.4 is 10.1 Å². The summed E-state index contributed by atoms with van der Waals surface area (Å²) >= 11 is 6.16. The lowest BCUT2D eigenvalue weighted by atomic mass is 9.86. The van der Waals surface area contributed by atoms with Gasteiger partial charge in [0.1, 0.15) is 5.75 Å². The molecule has 1 rings (SSSR count). The minimum Gasteiger partial charge on any atom is -0.496 e. The largest absolute Gasteiger partial charge is 0.496 e. The number of benzene rings is 1. The Balaban J connectivity index is 2.92. The van der Waals surface area contributed by atoms with Crippen molar-refractivity contribution in [2.24, 2.45) is 5.92 Å². The van der Waals surface area contributed by atoms with E-state index in [2.05, 4.69) is 26.1 Å². The van der Waals surface area contributed by atoms with E-state index in [9.17, 15) is 0 Å². The Morgan fingerprint density at radius 2 is 1.81 bits per heavy atom. The molecule has 0 fully saturated rings. The Bertz CT molecular complexity index is 402. The van der Waals surface area contributed by atoms with E-state index < -0.39 is 0 Å². The Kier molecular flexibility index (Phi) is 8.79. The normalized spacial score (nSPS) is 12.7. The molecule has 1 atom stereocenters. The molecule has 1 N–H and O–H groups in total. The van der Waals surface area contributed by atoms with Gasteiger partial charge in [-0.3, -0.25) is 0 Å². The van der Waals surface area contributed by atoms with Crippen LogP contribution in [-0.2, 0) is 6.42 Å². The van der Waals surface area contributed by atoms with E-state index in [0.717, 1.165) is 23.7 Å². The maximum atomic E-state index is 6.16.